The van der Waals surface area contributed by atoms with Crippen LogP contribution in [0.2, 0.25) is 0 Å². The summed E-state index contributed by atoms with van der Waals surface area (Å²) in [4.78, 5) is 15.7. The van der Waals surface area contributed by atoms with Gasteiger partial charge in [0.05, 0.1) is 5.01 Å². The molecule has 1 aromatic rings. The zero-order chi connectivity index (χ0) is 10.6. The summed E-state index contributed by atoms with van der Waals surface area (Å²) < 4.78 is 0. The van der Waals surface area contributed by atoms with Gasteiger partial charge in [-0.3, -0.25) is 4.79 Å². The zero-order valence-corrected chi connectivity index (χ0v) is 9.40. The van der Waals surface area contributed by atoms with Crippen LogP contribution in [0.15, 0.2) is 6.20 Å². The lowest BCUT2D eigenvalue weighted by atomic mass is 10.4. The number of aryl methyl sites for hydroxylation is 1. The fourth-order valence-corrected chi connectivity index (χ4v) is 2.70. The molecule has 0 radical (unpaired) electrons. The quantitative estimate of drug-likeness (QED) is 0.795. The summed E-state index contributed by atoms with van der Waals surface area (Å²) in [5.74, 6) is 0.275. The van der Waals surface area contributed by atoms with E-state index in [1.807, 2.05) is 13.1 Å². The molecule has 6 heteroatoms. The molecule has 0 saturated heterocycles. The van der Waals surface area contributed by atoms with Crippen molar-refractivity contribution in [2.45, 2.75) is 18.7 Å². The number of carboxylic acids is 1. The third-order valence-corrected chi connectivity index (χ3v) is 3.73. The van der Waals surface area contributed by atoms with E-state index in [2.05, 4.69) is 4.98 Å². The molecule has 0 aliphatic rings. The van der Waals surface area contributed by atoms with Crippen molar-refractivity contribution in [3.63, 3.8) is 0 Å². The molecule has 4 nitrogen and oxygen atoms in total. The maximum absolute atomic E-state index is 10.4. The average molecular weight is 232 g/mol. The minimum absolute atomic E-state index is 0.437. The van der Waals surface area contributed by atoms with Gasteiger partial charge >= 0.3 is 5.97 Å². The van der Waals surface area contributed by atoms with Gasteiger partial charge in [-0.15, -0.1) is 11.3 Å². The number of thiazole rings is 1. The number of nitrogens with zero attached hydrogens (tertiary/aromatic N) is 1. The molecule has 0 saturated carbocycles. The maximum Gasteiger partial charge on any atom is 0.321 e. The number of thioether (sulfide) groups is 1. The number of hydrogen-bond donors (Lipinski definition) is 2. The van der Waals surface area contributed by atoms with Gasteiger partial charge in [-0.2, -0.15) is 11.8 Å². The van der Waals surface area contributed by atoms with E-state index in [-0.39, 0.29) is 0 Å². The molecule has 0 aliphatic heterocycles. The van der Waals surface area contributed by atoms with Gasteiger partial charge in [0.15, 0.2) is 0 Å². The SMILES string of the molecule is Cc1ncc(CSCC(N)C(=O)O)s1. The van der Waals surface area contributed by atoms with Crippen LogP contribution in [0.25, 0.3) is 0 Å². The summed E-state index contributed by atoms with van der Waals surface area (Å²) in [7, 11) is 0. The van der Waals surface area contributed by atoms with Crippen molar-refractivity contribution >= 4 is 29.1 Å². The van der Waals surface area contributed by atoms with E-state index in [4.69, 9.17) is 10.8 Å². The van der Waals surface area contributed by atoms with Crippen molar-refractivity contribution in [2.75, 3.05) is 5.75 Å². The highest BCUT2D eigenvalue weighted by Crippen LogP contribution is 2.18. The lowest BCUT2D eigenvalue weighted by Gasteiger charge is -2.03. The molecular formula is C8H12N2O2S2. The molecule has 78 valence electrons. The lowest BCUT2D eigenvalue weighted by molar-refractivity contribution is -0.137. The van der Waals surface area contributed by atoms with Crippen LogP contribution in [0.3, 0.4) is 0 Å². The van der Waals surface area contributed by atoms with Crippen LogP contribution < -0.4 is 5.73 Å². The molecule has 0 aromatic carbocycles. The number of aliphatic carboxylic acids is 1. The number of aromatic nitrogens is 1. The molecule has 3 N–H and O–H groups in total. The third-order valence-electron chi connectivity index (χ3n) is 1.53. The van der Waals surface area contributed by atoms with Crippen LogP contribution in [0, 0.1) is 6.92 Å². The molecule has 0 fully saturated rings. The summed E-state index contributed by atoms with van der Waals surface area (Å²) in [6.07, 6.45) is 1.82. The van der Waals surface area contributed by atoms with Gasteiger partial charge in [0.1, 0.15) is 6.04 Å². The predicted octanol–water partition coefficient (Wildman–Crippen LogP) is 1.10. The Hall–Kier alpha value is -0.590. The summed E-state index contributed by atoms with van der Waals surface area (Å²) in [5.41, 5.74) is 5.35. The Morgan fingerprint density at radius 2 is 2.57 bits per heavy atom. The highest BCUT2D eigenvalue weighted by Gasteiger charge is 2.11. The molecule has 0 spiro atoms. The van der Waals surface area contributed by atoms with Crippen molar-refractivity contribution in [3.05, 3.63) is 16.1 Å². The summed E-state index contributed by atoms with van der Waals surface area (Å²) in [6, 6.07) is -0.769. The minimum atomic E-state index is -0.946. The monoisotopic (exact) mass is 232 g/mol. The fraction of sp³-hybridized carbons (Fsp3) is 0.500. The highest BCUT2D eigenvalue weighted by atomic mass is 32.2. The van der Waals surface area contributed by atoms with Gasteiger partial charge in [0.25, 0.3) is 0 Å². The Balaban J connectivity index is 2.25. The van der Waals surface area contributed by atoms with Gasteiger partial charge in [-0.1, -0.05) is 0 Å². The second-order valence-electron chi connectivity index (χ2n) is 2.81. The Kier molecular flexibility index (Phi) is 4.37. The van der Waals surface area contributed by atoms with Gasteiger partial charge < -0.3 is 10.8 Å². The Morgan fingerprint density at radius 1 is 1.86 bits per heavy atom. The maximum atomic E-state index is 10.4. The van der Waals surface area contributed by atoms with E-state index in [1.54, 1.807) is 11.3 Å². The van der Waals surface area contributed by atoms with Crippen LogP contribution in [0.5, 0.6) is 0 Å². The van der Waals surface area contributed by atoms with Crippen LogP contribution in [-0.2, 0) is 10.5 Å². The first-order chi connectivity index (χ1) is 6.59. The van der Waals surface area contributed by atoms with Crippen molar-refractivity contribution in [3.8, 4) is 0 Å². The highest BCUT2D eigenvalue weighted by molar-refractivity contribution is 7.98. The normalized spacial score (nSPS) is 12.7. The van der Waals surface area contributed by atoms with E-state index < -0.39 is 12.0 Å². The Labute approximate surface area is 90.5 Å². The molecule has 1 aromatic heterocycles. The molecule has 1 rings (SSSR count). The molecule has 14 heavy (non-hydrogen) atoms. The Bertz CT molecular complexity index is 314. The van der Waals surface area contributed by atoms with Gasteiger partial charge in [-0.05, 0) is 6.92 Å². The third kappa shape index (κ3) is 3.65. The van der Waals surface area contributed by atoms with E-state index >= 15 is 0 Å². The average Bonchev–Trinajstić information content (AvgIpc) is 2.51. The molecular weight excluding hydrogens is 220 g/mol. The molecule has 0 amide bonds. The molecule has 1 atom stereocenters. The molecule has 0 bridgehead atoms. The number of rotatable bonds is 5. The number of hydrogen-bond acceptors (Lipinski definition) is 5. The molecule has 0 aliphatic carbocycles. The van der Waals surface area contributed by atoms with E-state index in [9.17, 15) is 4.79 Å². The van der Waals surface area contributed by atoms with Crippen LogP contribution in [0.1, 0.15) is 9.88 Å². The van der Waals surface area contributed by atoms with Gasteiger partial charge in [-0.25, -0.2) is 4.98 Å². The fourth-order valence-electron chi connectivity index (χ4n) is 0.830. The topological polar surface area (TPSA) is 76.2 Å². The van der Waals surface area contributed by atoms with Crippen LogP contribution in [-0.4, -0.2) is 27.9 Å². The number of carboxylic acid groups (broad SMARTS) is 1. The summed E-state index contributed by atoms with van der Waals surface area (Å²) in [5, 5.41) is 9.57. The van der Waals surface area contributed by atoms with Crippen LogP contribution in [0.4, 0.5) is 0 Å². The van der Waals surface area contributed by atoms with E-state index in [0.29, 0.717) is 5.75 Å². The van der Waals surface area contributed by atoms with Crippen molar-refractivity contribution in [2.24, 2.45) is 5.73 Å². The first-order valence-electron chi connectivity index (χ1n) is 4.07. The first kappa shape index (κ1) is 11.5. The second-order valence-corrected chi connectivity index (χ2v) is 5.16. The summed E-state index contributed by atoms with van der Waals surface area (Å²) in [6.45, 7) is 1.95. The largest absolute Gasteiger partial charge is 0.480 e. The number of nitrogens with two attached hydrogens (primary N) is 1. The smallest absolute Gasteiger partial charge is 0.321 e. The summed E-state index contributed by atoms with van der Waals surface area (Å²) >= 11 is 3.15. The molecule has 1 heterocycles. The van der Waals surface area contributed by atoms with E-state index in [1.165, 1.54) is 11.8 Å². The standard InChI is InChI=1S/C8H12N2O2S2/c1-5-10-2-6(14-5)3-13-4-7(9)8(11)12/h2,7H,3-4,9H2,1H3,(H,11,12). The van der Waals surface area contributed by atoms with Crippen molar-refractivity contribution in [1.29, 1.82) is 0 Å². The first-order valence-corrected chi connectivity index (χ1v) is 6.04. The lowest BCUT2D eigenvalue weighted by Crippen LogP contribution is -2.32. The van der Waals surface area contributed by atoms with Gasteiger partial charge in [0, 0.05) is 22.6 Å². The number of carbonyl (C=O) groups is 1. The van der Waals surface area contributed by atoms with Crippen LogP contribution >= 0.6 is 23.1 Å². The predicted molar refractivity (Wildman–Crippen MR) is 58.6 cm³/mol. The zero-order valence-electron chi connectivity index (χ0n) is 7.77. The minimum Gasteiger partial charge on any atom is -0.480 e. The van der Waals surface area contributed by atoms with E-state index in [0.717, 1.165) is 15.6 Å². The van der Waals surface area contributed by atoms with Crippen molar-refractivity contribution < 1.29 is 9.90 Å². The Morgan fingerprint density at radius 3 is 3.07 bits per heavy atom. The van der Waals surface area contributed by atoms with Gasteiger partial charge in [0.2, 0.25) is 0 Å². The molecule has 1 unspecified atom stereocenters. The second kappa shape index (κ2) is 5.33. The van der Waals surface area contributed by atoms with Crippen molar-refractivity contribution in [1.82, 2.24) is 4.98 Å².